The van der Waals surface area contributed by atoms with Gasteiger partial charge in [-0.3, -0.25) is 0 Å². The van der Waals surface area contributed by atoms with E-state index in [2.05, 4.69) is 20.3 Å². The van der Waals surface area contributed by atoms with Crippen LogP contribution in [0.2, 0.25) is 5.02 Å². The number of ether oxygens (including phenoxy) is 1. The summed E-state index contributed by atoms with van der Waals surface area (Å²) in [5.74, 6) is 1.61. The van der Waals surface area contributed by atoms with Crippen molar-refractivity contribution in [2.75, 3.05) is 12.4 Å². The molecule has 1 N–H and O–H groups in total. The normalized spacial score (nSPS) is 10.8. The summed E-state index contributed by atoms with van der Waals surface area (Å²) in [6, 6.07) is 12.8. The molecule has 0 aliphatic carbocycles. The van der Waals surface area contributed by atoms with Crippen molar-refractivity contribution in [1.82, 2.24) is 15.0 Å². The molecule has 124 valence electrons. The lowest BCUT2D eigenvalue weighted by Crippen LogP contribution is -1.98. The Morgan fingerprint density at radius 3 is 2.68 bits per heavy atom. The van der Waals surface area contributed by atoms with Crippen LogP contribution < -0.4 is 10.1 Å². The van der Waals surface area contributed by atoms with E-state index in [4.69, 9.17) is 20.8 Å². The molecule has 0 amide bonds. The number of rotatable bonds is 4. The second-order valence-electron chi connectivity index (χ2n) is 5.25. The predicted octanol–water partition coefficient (Wildman–Crippen LogP) is 4.69. The van der Waals surface area contributed by atoms with Crippen LogP contribution in [-0.4, -0.2) is 22.1 Å². The number of hydrogen-bond acceptors (Lipinski definition) is 6. The van der Waals surface area contributed by atoms with Gasteiger partial charge in [0.15, 0.2) is 5.58 Å². The number of para-hydroxylation sites is 2. The van der Waals surface area contributed by atoms with Gasteiger partial charge in [-0.25, -0.2) is 15.0 Å². The fraction of sp³-hybridized carbons (Fsp3) is 0.0556. The third-order valence-electron chi connectivity index (χ3n) is 3.60. The Kier molecular flexibility index (Phi) is 3.95. The van der Waals surface area contributed by atoms with E-state index in [0.29, 0.717) is 39.3 Å². The molecule has 0 aliphatic rings. The molecule has 0 fully saturated rings. The van der Waals surface area contributed by atoms with Gasteiger partial charge in [0.25, 0.3) is 0 Å². The highest BCUT2D eigenvalue weighted by Crippen LogP contribution is 2.27. The molecule has 4 rings (SSSR count). The number of aromatic nitrogens is 3. The number of halogens is 1. The monoisotopic (exact) mass is 352 g/mol. The molecule has 0 saturated heterocycles. The Hall–Kier alpha value is -3.12. The van der Waals surface area contributed by atoms with E-state index in [1.165, 1.54) is 0 Å². The quantitative estimate of drug-likeness (QED) is 0.574. The molecule has 25 heavy (non-hydrogen) atoms. The van der Waals surface area contributed by atoms with Crippen LogP contribution in [0.4, 0.5) is 11.6 Å². The Morgan fingerprint density at radius 1 is 1.08 bits per heavy atom. The van der Waals surface area contributed by atoms with Crippen molar-refractivity contribution in [2.24, 2.45) is 0 Å². The summed E-state index contributed by atoms with van der Waals surface area (Å²) in [6.45, 7) is 0. The van der Waals surface area contributed by atoms with Crippen LogP contribution in [0.25, 0.3) is 22.6 Å². The molecule has 0 spiro atoms. The first-order valence-corrected chi connectivity index (χ1v) is 7.89. The second-order valence-corrected chi connectivity index (χ2v) is 5.69. The van der Waals surface area contributed by atoms with Crippen molar-refractivity contribution in [3.8, 4) is 17.2 Å². The summed E-state index contributed by atoms with van der Waals surface area (Å²) < 4.78 is 11.0. The van der Waals surface area contributed by atoms with E-state index in [0.717, 1.165) is 5.69 Å². The average Bonchev–Trinajstić information content (AvgIpc) is 3.06. The third kappa shape index (κ3) is 3.12. The molecule has 2 heterocycles. The summed E-state index contributed by atoms with van der Waals surface area (Å²) in [4.78, 5) is 13.0. The summed E-state index contributed by atoms with van der Waals surface area (Å²) >= 11 is 5.97. The van der Waals surface area contributed by atoms with Crippen molar-refractivity contribution >= 4 is 34.3 Å². The van der Waals surface area contributed by atoms with E-state index >= 15 is 0 Å². The number of methoxy groups -OCH3 is 1. The van der Waals surface area contributed by atoms with Gasteiger partial charge in [-0.2, -0.15) is 0 Å². The number of hydrogen-bond donors (Lipinski definition) is 1. The molecule has 0 atom stereocenters. The van der Waals surface area contributed by atoms with Crippen LogP contribution in [0.3, 0.4) is 0 Å². The molecule has 2 aromatic heterocycles. The van der Waals surface area contributed by atoms with E-state index in [9.17, 15) is 0 Å². The number of oxazole rings is 1. The molecule has 0 aliphatic heterocycles. The van der Waals surface area contributed by atoms with Crippen molar-refractivity contribution in [1.29, 1.82) is 0 Å². The number of fused-ring (bicyclic) bond motifs is 1. The van der Waals surface area contributed by atoms with Crippen molar-refractivity contribution < 1.29 is 9.15 Å². The predicted molar refractivity (Wildman–Crippen MR) is 96.3 cm³/mol. The van der Waals surface area contributed by atoms with E-state index in [1.54, 1.807) is 37.7 Å². The minimum atomic E-state index is 0.445. The lowest BCUT2D eigenvalue weighted by Gasteiger charge is -2.09. The van der Waals surface area contributed by atoms with Crippen LogP contribution in [-0.2, 0) is 0 Å². The van der Waals surface area contributed by atoms with Gasteiger partial charge >= 0.3 is 0 Å². The highest BCUT2D eigenvalue weighted by Gasteiger charge is 2.10. The molecule has 4 aromatic rings. The zero-order chi connectivity index (χ0) is 17.2. The van der Waals surface area contributed by atoms with Crippen LogP contribution in [0.1, 0.15) is 0 Å². The molecular weight excluding hydrogens is 340 g/mol. The third-order valence-corrected chi connectivity index (χ3v) is 3.84. The lowest BCUT2D eigenvalue weighted by atomic mass is 10.3. The number of nitrogens with one attached hydrogen (secondary N) is 1. The van der Waals surface area contributed by atoms with Gasteiger partial charge in [0, 0.05) is 17.4 Å². The summed E-state index contributed by atoms with van der Waals surface area (Å²) in [6.07, 6.45) is 3.30. The zero-order valence-corrected chi connectivity index (χ0v) is 14.0. The maximum atomic E-state index is 5.97. The summed E-state index contributed by atoms with van der Waals surface area (Å²) in [7, 11) is 1.62. The molecule has 7 heteroatoms. The maximum Gasteiger partial charge on any atom is 0.230 e. The number of benzene rings is 2. The second kappa shape index (κ2) is 6.41. The van der Waals surface area contributed by atoms with Crippen LogP contribution in [0.5, 0.6) is 5.75 Å². The van der Waals surface area contributed by atoms with Gasteiger partial charge in [0.1, 0.15) is 11.3 Å². The lowest BCUT2D eigenvalue weighted by molar-refractivity contribution is 0.417. The minimum absolute atomic E-state index is 0.445. The minimum Gasteiger partial charge on any atom is -0.495 e. The highest BCUT2D eigenvalue weighted by atomic mass is 35.5. The van der Waals surface area contributed by atoms with Gasteiger partial charge in [-0.15, -0.1) is 0 Å². The summed E-state index contributed by atoms with van der Waals surface area (Å²) in [5.41, 5.74) is 2.82. The fourth-order valence-corrected chi connectivity index (χ4v) is 2.56. The highest BCUT2D eigenvalue weighted by molar-refractivity contribution is 6.31. The molecular formula is C18H13ClN4O2. The first-order valence-electron chi connectivity index (χ1n) is 7.51. The van der Waals surface area contributed by atoms with Crippen LogP contribution in [0.15, 0.2) is 59.3 Å². The van der Waals surface area contributed by atoms with E-state index in [1.807, 2.05) is 24.3 Å². The first kappa shape index (κ1) is 15.4. The van der Waals surface area contributed by atoms with Crippen molar-refractivity contribution in [2.45, 2.75) is 0 Å². The van der Waals surface area contributed by atoms with E-state index in [-0.39, 0.29) is 0 Å². The van der Waals surface area contributed by atoms with Crippen LogP contribution in [0, 0.1) is 0 Å². The standard InChI is InChI=1S/C18H13ClN4O2/c1-24-15-5-3-2-4-13(15)23-18-20-9-11(10-21-18)17-22-14-8-12(19)6-7-16(14)25-17/h2-10H,1H3,(H,20,21,23). The molecule has 0 saturated carbocycles. The Bertz CT molecular complexity index is 1030. The van der Waals surface area contributed by atoms with E-state index < -0.39 is 0 Å². The van der Waals surface area contributed by atoms with Gasteiger partial charge in [0.05, 0.1) is 18.4 Å². The fourth-order valence-electron chi connectivity index (χ4n) is 2.40. The van der Waals surface area contributed by atoms with Gasteiger partial charge in [-0.05, 0) is 30.3 Å². The Labute approximate surface area is 148 Å². The smallest absolute Gasteiger partial charge is 0.230 e. The zero-order valence-electron chi connectivity index (χ0n) is 13.2. The van der Waals surface area contributed by atoms with Gasteiger partial charge in [0.2, 0.25) is 11.8 Å². The van der Waals surface area contributed by atoms with Gasteiger partial charge in [-0.1, -0.05) is 23.7 Å². The molecule has 0 radical (unpaired) electrons. The molecule has 0 bridgehead atoms. The van der Waals surface area contributed by atoms with Crippen molar-refractivity contribution in [3.63, 3.8) is 0 Å². The van der Waals surface area contributed by atoms with Gasteiger partial charge < -0.3 is 14.5 Å². The number of anilines is 2. The number of nitrogens with zero attached hydrogens (tertiary/aromatic N) is 3. The maximum absolute atomic E-state index is 5.97. The SMILES string of the molecule is COc1ccccc1Nc1ncc(-c2nc3cc(Cl)ccc3o2)cn1. The van der Waals surface area contributed by atoms with Crippen molar-refractivity contribution in [3.05, 3.63) is 59.9 Å². The molecule has 2 aromatic carbocycles. The Balaban J connectivity index is 1.60. The van der Waals surface area contributed by atoms with Crippen LogP contribution >= 0.6 is 11.6 Å². The Morgan fingerprint density at radius 2 is 1.88 bits per heavy atom. The first-order chi connectivity index (χ1) is 12.2. The summed E-state index contributed by atoms with van der Waals surface area (Å²) in [5, 5.41) is 3.73. The topological polar surface area (TPSA) is 73.1 Å². The largest absolute Gasteiger partial charge is 0.495 e. The molecule has 0 unspecified atom stereocenters. The molecule has 6 nitrogen and oxygen atoms in total. The average molecular weight is 353 g/mol.